The zero-order valence-electron chi connectivity index (χ0n) is 11.4. The topological polar surface area (TPSA) is 64.6 Å². The van der Waals surface area contributed by atoms with Crippen LogP contribution in [0, 0.1) is 5.92 Å². The zero-order valence-corrected chi connectivity index (χ0v) is 13.0. The van der Waals surface area contributed by atoms with E-state index in [1.807, 2.05) is 0 Å². The Morgan fingerprint density at radius 2 is 1.95 bits per heavy atom. The lowest BCUT2D eigenvalue weighted by molar-refractivity contribution is -0.122. The maximum absolute atomic E-state index is 12.3. The van der Waals surface area contributed by atoms with Gasteiger partial charge >= 0.3 is 0 Å². The molecule has 7 heteroatoms. The van der Waals surface area contributed by atoms with Crippen LogP contribution >= 0.6 is 11.6 Å². The molecular weight excluding hydrogens is 314 g/mol. The third-order valence-corrected chi connectivity index (χ3v) is 5.20. The summed E-state index contributed by atoms with van der Waals surface area (Å²) < 4.78 is 23.2. The first kappa shape index (κ1) is 14.7. The van der Waals surface area contributed by atoms with Gasteiger partial charge in [-0.15, -0.1) is 0 Å². The third-order valence-electron chi connectivity index (χ3n) is 3.38. The Morgan fingerprint density at radius 1 is 1.29 bits per heavy atom. The molecular formula is C14H16ClNO4S. The first-order valence-corrected chi connectivity index (χ1v) is 8.60. The zero-order chi connectivity index (χ0) is 14.8. The van der Waals surface area contributed by atoms with Crippen LogP contribution in [0.3, 0.4) is 0 Å². The molecule has 0 aromatic heterocycles. The van der Waals surface area contributed by atoms with Crippen molar-refractivity contribution < 1.29 is 18.5 Å². The largest absolute Gasteiger partial charge is 0.486 e. The number of hydrogen-bond acceptors (Lipinski definition) is 4. The van der Waals surface area contributed by atoms with Crippen molar-refractivity contribution in [2.75, 3.05) is 25.5 Å². The molecule has 5 nitrogen and oxygen atoms in total. The summed E-state index contributed by atoms with van der Waals surface area (Å²) in [5, 5.41) is 3.19. The second kappa shape index (κ2) is 6.23. The number of benzene rings is 1. The van der Waals surface area contributed by atoms with Crippen LogP contribution < -0.4 is 14.8 Å². The SMILES string of the molecule is O=C(NCCS(=O)c1cc2c(cc1Cl)OCCO2)C1CC1. The Kier molecular flexibility index (Phi) is 4.35. The number of nitrogens with one attached hydrogen (secondary N) is 1. The van der Waals surface area contributed by atoms with Gasteiger partial charge in [-0.3, -0.25) is 9.00 Å². The van der Waals surface area contributed by atoms with E-state index in [1.165, 1.54) is 0 Å². The van der Waals surface area contributed by atoms with E-state index in [2.05, 4.69) is 5.32 Å². The summed E-state index contributed by atoms with van der Waals surface area (Å²) in [6.07, 6.45) is 1.92. The number of carbonyl (C=O) groups excluding carboxylic acids is 1. The average molecular weight is 330 g/mol. The normalized spacial score (nSPS) is 18.1. The highest BCUT2D eigenvalue weighted by molar-refractivity contribution is 7.85. The van der Waals surface area contributed by atoms with Crippen molar-refractivity contribution >= 4 is 28.3 Å². The molecule has 0 spiro atoms. The second-order valence-corrected chi connectivity index (χ2v) is 6.99. The van der Waals surface area contributed by atoms with E-state index in [-0.39, 0.29) is 11.8 Å². The molecule has 1 N–H and O–H groups in total. The highest BCUT2D eigenvalue weighted by atomic mass is 35.5. The van der Waals surface area contributed by atoms with E-state index < -0.39 is 10.8 Å². The molecule has 0 bridgehead atoms. The van der Waals surface area contributed by atoms with E-state index in [9.17, 15) is 9.00 Å². The van der Waals surface area contributed by atoms with Crippen molar-refractivity contribution in [3.63, 3.8) is 0 Å². The quantitative estimate of drug-likeness (QED) is 0.893. The second-order valence-electron chi connectivity index (χ2n) is 5.04. The Labute approximate surface area is 130 Å². The standard InChI is InChI=1S/C14H16ClNO4S/c15-10-7-11-12(20-5-4-19-11)8-13(10)21(18)6-3-16-14(17)9-1-2-9/h7-9H,1-6H2,(H,16,17). The molecule has 1 aliphatic carbocycles. The molecule has 1 unspecified atom stereocenters. The Morgan fingerprint density at radius 3 is 2.62 bits per heavy atom. The summed E-state index contributed by atoms with van der Waals surface area (Å²) in [5.74, 6) is 1.69. The van der Waals surface area contributed by atoms with Crippen LogP contribution in [0.4, 0.5) is 0 Å². The van der Waals surface area contributed by atoms with Crippen LogP contribution in [0.1, 0.15) is 12.8 Å². The van der Waals surface area contributed by atoms with Gasteiger partial charge in [0.2, 0.25) is 5.91 Å². The molecule has 1 heterocycles. The van der Waals surface area contributed by atoms with Gasteiger partial charge in [0, 0.05) is 30.3 Å². The van der Waals surface area contributed by atoms with E-state index in [1.54, 1.807) is 12.1 Å². The van der Waals surface area contributed by atoms with Gasteiger partial charge in [-0.05, 0) is 12.8 Å². The number of fused-ring (bicyclic) bond motifs is 1. The van der Waals surface area contributed by atoms with Gasteiger partial charge in [0.25, 0.3) is 0 Å². The number of amides is 1. The monoisotopic (exact) mass is 329 g/mol. The maximum Gasteiger partial charge on any atom is 0.223 e. The number of hydrogen-bond donors (Lipinski definition) is 1. The highest BCUT2D eigenvalue weighted by Crippen LogP contribution is 2.36. The van der Waals surface area contributed by atoms with Crippen LogP contribution in [0.25, 0.3) is 0 Å². The minimum absolute atomic E-state index is 0.0558. The van der Waals surface area contributed by atoms with Crippen LogP contribution in [0.2, 0.25) is 5.02 Å². The molecule has 114 valence electrons. The lowest BCUT2D eigenvalue weighted by atomic mass is 10.3. The van der Waals surface area contributed by atoms with Crippen LogP contribution in [0.15, 0.2) is 17.0 Å². The van der Waals surface area contributed by atoms with E-state index >= 15 is 0 Å². The minimum atomic E-state index is -1.28. The molecule has 1 fully saturated rings. The molecule has 1 amide bonds. The summed E-state index contributed by atoms with van der Waals surface area (Å²) in [4.78, 5) is 12.0. The minimum Gasteiger partial charge on any atom is -0.486 e. The van der Waals surface area contributed by atoms with Gasteiger partial charge in [0.05, 0.1) is 20.7 Å². The van der Waals surface area contributed by atoms with Gasteiger partial charge in [-0.25, -0.2) is 0 Å². The van der Waals surface area contributed by atoms with Crippen LogP contribution in [-0.4, -0.2) is 35.6 Å². The molecule has 1 aromatic carbocycles. The van der Waals surface area contributed by atoms with Crippen molar-refractivity contribution in [3.8, 4) is 11.5 Å². The summed E-state index contributed by atoms with van der Waals surface area (Å²) in [5.41, 5.74) is 0. The van der Waals surface area contributed by atoms with Gasteiger partial charge in [-0.2, -0.15) is 0 Å². The number of ether oxygens (including phenoxy) is 2. The fraction of sp³-hybridized carbons (Fsp3) is 0.500. The molecule has 21 heavy (non-hydrogen) atoms. The number of halogens is 1. The number of carbonyl (C=O) groups is 1. The molecule has 3 rings (SSSR count). The summed E-state index contributed by atoms with van der Waals surface area (Å²) in [7, 11) is -1.28. The van der Waals surface area contributed by atoms with E-state index in [0.29, 0.717) is 46.9 Å². The average Bonchev–Trinajstić information content (AvgIpc) is 3.31. The molecule has 0 saturated heterocycles. The summed E-state index contributed by atoms with van der Waals surface area (Å²) in [6.45, 7) is 1.34. The van der Waals surface area contributed by atoms with Crippen molar-refractivity contribution in [2.45, 2.75) is 17.7 Å². The van der Waals surface area contributed by atoms with E-state index in [4.69, 9.17) is 21.1 Å². The summed E-state index contributed by atoms with van der Waals surface area (Å²) in [6, 6.07) is 3.29. The van der Waals surface area contributed by atoms with Gasteiger partial charge in [-0.1, -0.05) is 11.6 Å². The molecule has 0 radical (unpaired) electrons. The first-order valence-electron chi connectivity index (χ1n) is 6.90. The van der Waals surface area contributed by atoms with Crippen molar-refractivity contribution in [3.05, 3.63) is 17.2 Å². The van der Waals surface area contributed by atoms with Gasteiger partial charge in [0.1, 0.15) is 13.2 Å². The Bertz CT molecular complexity index is 589. The van der Waals surface area contributed by atoms with Crippen molar-refractivity contribution in [1.29, 1.82) is 0 Å². The lowest BCUT2D eigenvalue weighted by Crippen LogP contribution is -2.28. The van der Waals surface area contributed by atoms with E-state index in [0.717, 1.165) is 12.8 Å². The Hall–Kier alpha value is -1.27. The third kappa shape index (κ3) is 3.49. The van der Waals surface area contributed by atoms with Crippen molar-refractivity contribution in [1.82, 2.24) is 5.32 Å². The predicted octanol–water partition coefficient (Wildman–Crippen LogP) is 1.74. The molecule has 2 aliphatic rings. The molecule has 1 atom stereocenters. The van der Waals surface area contributed by atoms with Gasteiger partial charge < -0.3 is 14.8 Å². The first-order chi connectivity index (χ1) is 10.1. The maximum atomic E-state index is 12.3. The summed E-state index contributed by atoms with van der Waals surface area (Å²) >= 11 is 6.14. The van der Waals surface area contributed by atoms with Crippen molar-refractivity contribution in [2.24, 2.45) is 5.92 Å². The number of rotatable bonds is 5. The fourth-order valence-corrected chi connectivity index (χ4v) is 3.52. The molecule has 1 saturated carbocycles. The molecule has 1 aliphatic heterocycles. The lowest BCUT2D eigenvalue weighted by Gasteiger charge is -2.19. The Balaban J connectivity index is 1.62. The smallest absolute Gasteiger partial charge is 0.223 e. The van der Waals surface area contributed by atoms with Crippen LogP contribution in [0.5, 0.6) is 11.5 Å². The van der Waals surface area contributed by atoms with Gasteiger partial charge in [0.15, 0.2) is 11.5 Å². The van der Waals surface area contributed by atoms with Crippen LogP contribution in [-0.2, 0) is 15.6 Å². The predicted molar refractivity (Wildman–Crippen MR) is 79.5 cm³/mol. The highest BCUT2D eigenvalue weighted by Gasteiger charge is 2.29. The molecule has 1 aromatic rings. The fourth-order valence-electron chi connectivity index (χ4n) is 2.09.